The van der Waals surface area contributed by atoms with E-state index in [1.165, 1.54) is 0 Å². The van der Waals surface area contributed by atoms with Crippen LogP contribution < -0.4 is 4.74 Å². The summed E-state index contributed by atoms with van der Waals surface area (Å²) in [6, 6.07) is 7.89. The van der Waals surface area contributed by atoms with Crippen molar-refractivity contribution in [2.24, 2.45) is 11.8 Å². The molecule has 2 aliphatic carbocycles. The van der Waals surface area contributed by atoms with Gasteiger partial charge in [-0.15, -0.1) is 0 Å². The van der Waals surface area contributed by atoms with Gasteiger partial charge in [-0.1, -0.05) is 24.3 Å². The van der Waals surface area contributed by atoms with E-state index < -0.39 is 0 Å². The fourth-order valence-corrected chi connectivity index (χ4v) is 3.14. The monoisotopic (exact) mass is 270 g/mol. The molecule has 0 N–H and O–H groups in total. The Morgan fingerprint density at radius 3 is 2.55 bits per heavy atom. The van der Waals surface area contributed by atoms with Crippen molar-refractivity contribution in [2.45, 2.75) is 13.3 Å². The second-order valence-electron chi connectivity index (χ2n) is 5.11. The standard InChI is InChI=1S/C17H18O3/c1-3-20-17(18)16-13-5-4-12(10-13)15(16)11-6-8-14(19-2)9-7-11/h4-9,12-13H,3,10H2,1-2H3. The molecule has 20 heavy (non-hydrogen) atoms. The maximum absolute atomic E-state index is 12.2. The van der Waals surface area contributed by atoms with Crippen LogP contribution in [-0.4, -0.2) is 19.7 Å². The average Bonchev–Trinajstić information content (AvgIpc) is 3.08. The predicted molar refractivity (Wildman–Crippen MR) is 77.3 cm³/mol. The first kappa shape index (κ1) is 13.0. The van der Waals surface area contributed by atoms with Gasteiger partial charge in [0.1, 0.15) is 5.75 Å². The number of esters is 1. The van der Waals surface area contributed by atoms with Crippen LogP contribution in [-0.2, 0) is 9.53 Å². The molecular formula is C17H18O3. The summed E-state index contributed by atoms with van der Waals surface area (Å²) in [5.41, 5.74) is 3.05. The van der Waals surface area contributed by atoms with E-state index >= 15 is 0 Å². The van der Waals surface area contributed by atoms with E-state index in [2.05, 4.69) is 12.2 Å². The zero-order valence-corrected chi connectivity index (χ0v) is 11.8. The van der Waals surface area contributed by atoms with Gasteiger partial charge in [0.15, 0.2) is 0 Å². The van der Waals surface area contributed by atoms with Crippen molar-refractivity contribution in [1.29, 1.82) is 0 Å². The van der Waals surface area contributed by atoms with Gasteiger partial charge in [0.2, 0.25) is 0 Å². The molecule has 0 aliphatic heterocycles. The summed E-state index contributed by atoms with van der Waals surface area (Å²) in [6.45, 7) is 2.26. The van der Waals surface area contributed by atoms with Crippen molar-refractivity contribution in [3.8, 4) is 5.75 Å². The smallest absolute Gasteiger partial charge is 0.334 e. The zero-order valence-electron chi connectivity index (χ0n) is 11.8. The van der Waals surface area contributed by atoms with Crippen LogP contribution in [0, 0.1) is 11.8 Å². The van der Waals surface area contributed by atoms with Gasteiger partial charge < -0.3 is 9.47 Å². The van der Waals surface area contributed by atoms with Crippen molar-refractivity contribution in [1.82, 2.24) is 0 Å². The fourth-order valence-electron chi connectivity index (χ4n) is 3.14. The Morgan fingerprint density at radius 2 is 1.90 bits per heavy atom. The Balaban J connectivity index is 2.00. The summed E-state index contributed by atoms with van der Waals surface area (Å²) in [6.07, 6.45) is 5.33. The topological polar surface area (TPSA) is 35.5 Å². The Hall–Kier alpha value is -2.03. The lowest BCUT2D eigenvalue weighted by Crippen LogP contribution is -2.13. The highest BCUT2D eigenvalue weighted by Gasteiger charge is 2.39. The Labute approximate surface area is 118 Å². The number of ether oxygens (including phenoxy) is 2. The number of allylic oxidation sites excluding steroid dienone is 3. The first-order chi connectivity index (χ1) is 9.74. The second kappa shape index (κ2) is 5.16. The van der Waals surface area contributed by atoms with Gasteiger partial charge in [0, 0.05) is 17.4 Å². The van der Waals surface area contributed by atoms with Crippen LogP contribution in [0.25, 0.3) is 5.57 Å². The summed E-state index contributed by atoms with van der Waals surface area (Å²) in [7, 11) is 1.65. The highest BCUT2D eigenvalue weighted by molar-refractivity contribution is 6.01. The van der Waals surface area contributed by atoms with Crippen LogP contribution in [0.15, 0.2) is 42.0 Å². The zero-order chi connectivity index (χ0) is 14.1. The minimum Gasteiger partial charge on any atom is -0.497 e. The van der Waals surface area contributed by atoms with Crippen LogP contribution in [0.3, 0.4) is 0 Å². The van der Waals surface area contributed by atoms with Crippen LogP contribution in [0.5, 0.6) is 5.75 Å². The second-order valence-corrected chi connectivity index (χ2v) is 5.11. The van der Waals surface area contributed by atoms with E-state index in [0.717, 1.165) is 28.9 Å². The van der Waals surface area contributed by atoms with Gasteiger partial charge >= 0.3 is 5.97 Å². The van der Waals surface area contributed by atoms with Gasteiger partial charge in [-0.3, -0.25) is 0 Å². The summed E-state index contributed by atoms with van der Waals surface area (Å²) in [5.74, 6) is 1.21. The van der Waals surface area contributed by atoms with E-state index in [9.17, 15) is 4.79 Å². The lowest BCUT2D eigenvalue weighted by molar-refractivity contribution is -0.138. The Kier molecular flexibility index (Phi) is 3.35. The molecule has 0 aromatic heterocycles. The minimum atomic E-state index is -0.171. The van der Waals surface area contributed by atoms with Crippen molar-refractivity contribution < 1.29 is 14.3 Å². The molecule has 2 unspecified atom stereocenters. The van der Waals surface area contributed by atoms with Crippen LogP contribution in [0.1, 0.15) is 18.9 Å². The van der Waals surface area contributed by atoms with Crippen molar-refractivity contribution >= 4 is 11.5 Å². The number of hydrogen-bond acceptors (Lipinski definition) is 3. The molecule has 0 amide bonds. The number of benzene rings is 1. The number of fused-ring (bicyclic) bond motifs is 2. The summed E-state index contributed by atoms with van der Waals surface area (Å²) < 4.78 is 10.4. The number of methoxy groups -OCH3 is 1. The molecule has 3 heteroatoms. The normalized spacial score (nSPS) is 23.3. The molecule has 3 nitrogen and oxygen atoms in total. The molecule has 2 atom stereocenters. The van der Waals surface area contributed by atoms with Gasteiger partial charge in [-0.05, 0) is 36.6 Å². The van der Waals surface area contributed by atoms with E-state index in [0.29, 0.717) is 12.5 Å². The lowest BCUT2D eigenvalue weighted by Gasteiger charge is -2.16. The van der Waals surface area contributed by atoms with Gasteiger partial charge in [-0.2, -0.15) is 0 Å². The van der Waals surface area contributed by atoms with E-state index in [1.807, 2.05) is 31.2 Å². The van der Waals surface area contributed by atoms with E-state index in [4.69, 9.17) is 9.47 Å². The summed E-state index contributed by atoms with van der Waals surface area (Å²) in [5, 5.41) is 0. The third kappa shape index (κ3) is 2.03. The molecule has 2 bridgehead atoms. The van der Waals surface area contributed by atoms with Crippen molar-refractivity contribution in [2.75, 3.05) is 13.7 Å². The van der Waals surface area contributed by atoms with Crippen LogP contribution in [0.2, 0.25) is 0 Å². The van der Waals surface area contributed by atoms with Crippen LogP contribution in [0.4, 0.5) is 0 Å². The number of rotatable bonds is 4. The third-order valence-corrected chi connectivity index (χ3v) is 4.01. The molecule has 0 saturated heterocycles. The molecule has 3 rings (SSSR count). The molecule has 1 aromatic rings. The maximum Gasteiger partial charge on any atom is 0.334 e. The SMILES string of the molecule is CCOC(=O)C1=C(c2ccc(OC)cc2)C2C=CC1C2. The van der Waals surface area contributed by atoms with E-state index in [-0.39, 0.29) is 11.9 Å². The average molecular weight is 270 g/mol. The summed E-state index contributed by atoms with van der Waals surface area (Å²) >= 11 is 0. The third-order valence-electron chi connectivity index (χ3n) is 4.01. The van der Waals surface area contributed by atoms with E-state index in [1.54, 1.807) is 7.11 Å². The first-order valence-corrected chi connectivity index (χ1v) is 6.98. The number of hydrogen-bond donors (Lipinski definition) is 0. The summed E-state index contributed by atoms with van der Waals surface area (Å²) in [4.78, 5) is 12.2. The maximum atomic E-state index is 12.2. The van der Waals surface area contributed by atoms with Gasteiger partial charge in [0.25, 0.3) is 0 Å². The van der Waals surface area contributed by atoms with Crippen LogP contribution >= 0.6 is 0 Å². The molecule has 0 fully saturated rings. The molecule has 1 aromatic carbocycles. The molecular weight excluding hydrogens is 252 g/mol. The number of carbonyl (C=O) groups excluding carboxylic acids is 1. The largest absolute Gasteiger partial charge is 0.497 e. The molecule has 0 saturated carbocycles. The highest BCUT2D eigenvalue weighted by atomic mass is 16.5. The van der Waals surface area contributed by atoms with Gasteiger partial charge in [0.05, 0.1) is 13.7 Å². The van der Waals surface area contributed by atoms with Crippen molar-refractivity contribution in [3.63, 3.8) is 0 Å². The Bertz CT molecular complexity index is 581. The molecule has 0 heterocycles. The van der Waals surface area contributed by atoms with Gasteiger partial charge in [-0.25, -0.2) is 4.79 Å². The highest BCUT2D eigenvalue weighted by Crippen LogP contribution is 2.48. The Morgan fingerprint density at radius 1 is 1.20 bits per heavy atom. The lowest BCUT2D eigenvalue weighted by atomic mass is 9.91. The fraction of sp³-hybridized carbons (Fsp3) is 0.353. The van der Waals surface area contributed by atoms with Crippen molar-refractivity contribution in [3.05, 3.63) is 47.6 Å². The molecule has 104 valence electrons. The molecule has 2 aliphatic rings. The first-order valence-electron chi connectivity index (χ1n) is 6.98. The molecule has 0 spiro atoms. The minimum absolute atomic E-state index is 0.171. The quantitative estimate of drug-likeness (QED) is 0.622. The number of carbonyl (C=O) groups is 1. The predicted octanol–water partition coefficient (Wildman–Crippen LogP) is 3.22. The molecule has 0 radical (unpaired) electrons.